The van der Waals surface area contributed by atoms with Crippen molar-refractivity contribution in [2.75, 3.05) is 19.5 Å². The van der Waals surface area contributed by atoms with Gasteiger partial charge in [0.2, 0.25) is 0 Å². The van der Waals surface area contributed by atoms with E-state index in [1.807, 2.05) is 61.5 Å². The van der Waals surface area contributed by atoms with Gasteiger partial charge in [-0.15, -0.1) is 18.3 Å². The minimum Gasteiger partial charge on any atom is -0.497 e. The summed E-state index contributed by atoms with van der Waals surface area (Å²) in [5, 5.41) is 2.98. The van der Waals surface area contributed by atoms with Crippen LogP contribution in [0.25, 0.3) is 0 Å². The largest absolute Gasteiger partial charge is 0.497 e. The van der Waals surface area contributed by atoms with Crippen LogP contribution >= 0.6 is 11.8 Å². The van der Waals surface area contributed by atoms with Crippen molar-refractivity contribution in [2.45, 2.75) is 17.9 Å². The first-order valence-corrected chi connectivity index (χ1v) is 9.03. The van der Waals surface area contributed by atoms with Crippen molar-refractivity contribution in [2.24, 2.45) is 0 Å². The van der Waals surface area contributed by atoms with E-state index < -0.39 is 0 Å². The number of ether oxygens (including phenoxy) is 2. The van der Waals surface area contributed by atoms with Gasteiger partial charge in [0, 0.05) is 10.6 Å². The second kappa shape index (κ2) is 9.79. The van der Waals surface area contributed by atoms with Crippen molar-refractivity contribution in [3.05, 3.63) is 66.7 Å². The van der Waals surface area contributed by atoms with Crippen molar-refractivity contribution in [3.8, 4) is 11.5 Å². The molecule has 2 rings (SSSR count). The highest BCUT2D eigenvalue weighted by Crippen LogP contribution is 2.22. The van der Waals surface area contributed by atoms with Gasteiger partial charge in [0.25, 0.3) is 5.91 Å². The molecule has 0 aromatic heterocycles. The Labute approximate surface area is 153 Å². The lowest BCUT2D eigenvalue weighted by atomic mass is 10.2. The quantitative estimate of drug-likeness (QED) is 0.540. The minimum absolute atomic E-state index is 0.0991. The summed E-state index contributed by atoms with van der Waals surface area (Å²) in [6, 6.07) is 14.8. The Bertz CT molecular complexity index is 700. The lowest BCUT2D eigenvalue weighted by Gasteiger charge is -2.16. The average molecular weight is 357 g/mol. The van der Waals surface area contributed by atoms with Crippen LogP contribution in [0.5, 0.6) is 11.5 Å². The van der Waals surface area contributed by atoms with Crippen LogP contribution < -0.4 is 14.8 Å². The van der Waals surface area contributed by atoms with E-state index in [-0.39, 0.29) is 11.9 Å². The SMILES string of the molecule is C=CCSc1ccccc1C(=O)NC(C)COc1ccc(OC)cc1. The Hall–Kier alpha value is -2.40. The third-order valence-corrected chi connectivity index (χ3v) is 4.49. The Morgan fingerprint density at radius 3 is 2.56 bits per heavy atom. The smallest absolute Gasteiger partial charge is 0.252 e. The second-order valence-electron chi connectivity index (χ2n) is 5.46. The summed E-state index contributed by atoms with van der Waals surface area (Å²) in [6.07, 6.45) is 1.82. The molecule has 2 aromatic rings. The van der Waals surface area contributed by atoms with Gasteiger partial charge in [0.05, 0.1) is 18.7 Å². The van der Waals surface area contributed by atoms with Crippen LogP contribution in [0, 0.1) is 0 Å². The average Bonchev–Trinajstić information content (AvgIpc) is 2.65. The molecule has 0 aliphatic rings. The van der Waals surface area contributed by atoms with Crippen molar-refractivity contribution in [3.63, 3.8) is 0 Å². The van der Waals surface area contributed by atoms with Crippen LogP contribution in [-0.2, 0) is 0 Å². The maximum Gasteiger partial charge on any atom is 0.252 e. The number of amides is 1. The molecule has 0 bridgehead atoms. The minimum atomic E-state index is -0.118. The van der Waals surface area contributed by atoms with Gasteiger partial charge in [-0.2, -0.15) is 0 Å². The zero-order valence-electron chi connectivity index (χ0n) is 14.5. The summed E-state index contributed by atoms with van der Waals surface area (Å²) in [7, 11) is 1.62. The molecular formula is C20H23NO3S. The molecule has 2 aromatic carbocycles. The normalized spacial score (nSPS) is 11.4. The zero-order chi connectivity index (χ0) is 18.1. The van der Waals surface area contributed by atoms with Crippen LogP contribution in [0.1, 0.15) is 17.3 Å². The van der Waals surface area contributed by atoms with Crippen molar-refractivity contribution in [1.29, 1.82) is 0 Å². The maximum absolute atomic E-state index is 12.5. The number of rotatable bonds is 9. The molecular weight excluding hydrogens is 334 g/mol. The number of carbonyl (C=O) groups is 1. The molecule has 1 amide bonds. The Kier molecular flexibility index (Phi) is 7.41. The molecule has 0 radical (unpaired) electrons. The van der Waals surface area contributed by atoms with E-state index in [4.69, 9.17) is 9.47 Å². The summed E-state index contributed by atoms with van der Waals surface area (Å²) >= 11 is 1.59. The lowest BCUT2D eigenvalue weighted by molar-refractivity contribution is 0.0923. The van der Waals surface area contributed by atoms with Crippen LogP contribution in [0.15, 0.2) is 66.1 Å². The highest BCUT2D eigenvalue weighted by molar-refractivity contribution is 7.99. The molecule has 4 nitrogen and oxygen atoms in total. The van der Waals surface area contributed by atoms with Gasteiger partial charge >= 0.3 is 0 Å². The summed E-state index contributed by atoms with van der Waals surface area (Å²) in [5.74, 6) is 2.18. The molecule has 25 heavy (non-hydrogen) atoms. The molecule has 0 spiro atoms. The van der Waals surface area contributed by atoms with Crippen molar-refractivity contribution >= 4 is 17.7 Å². The molecule has 0 aliphatic carbocycles. The molecule has 0 aliphatic heterocycles. The molecule has 132 valence electrons. The van der Waals surface area contributed by atoms with E-state index in [2.05, 4.69) is 11.9 Å². The standard InChI is InChI=1S/C20H23NO3S/c1-4-13-25-19-8-6-5-7-18(19)20(22)21-15(2)14-24-17-11-9-16(23-3)10-12-17/h4-12,15H,1,13-14H2,2-3H3,(H,21,22). The van der Waals surface area contributed by atoms with E-state index in [0.717, 1.165) is 22.1 Å². The molecule has 1 unspecified atom stereocenters. The van der Waals surface area contributed by atoms with Crippen molar-refractivity contribution < 1.29 is 14.3 Å². The molecule has 0 saturated carbocycles. The van der Waals surface area contributed by atoms with Gasteiger partial charge in [-0.3, -0.25) is 4.79 Å². The number of methoxy groups -OCH3 is 1. The van der Waals surface area contributed by atoms with E-state index in [9.17, 15) is 4.79 Å². The Morgan fingerprint density at radius 2 is 1.88 bits per heavy atom. The summed E-state index contributed by atoms with van der Waals surface area (Å²) in [4.78, 5) is 13.5. The number of carbonyl (C=O) groups excluding carboxylic acids is 1. The fraction of sp³-hybridized carbons (Fsp3) is 0.250. The molecule has 1 atom stereocenters. The third kappa shape index (κ3) is 5.87. The van der Waals surface area contributed by atoms with E-state index in [1.165, 1.54) is 0 Å². The van der Waals surface area contributed by atoms with Crippen LogP contribution in [0.2, 0.25) is 0 Å². The maximum atomic E-state index is 12.5. The third-order valence-electron chi connectivity index (χ3n) is 3.43. The van der Waals surface area contributed by atoms with Crippen LogP contribution in [-0.4, -0.2) is 31.4 Å². The first-order valence-electron chi connectivity index (χ1n) is 8.04. The van der Waals surface area contributed by atoms with Gasteiger partial charge in [0.1, 0.15) is 18.1 Å². The summed E-state index contributed by atoms with van der Waals surface area (Å²) in [5.41, 5.74) is 0.672. The first-order chi connectivity index (χ1) is 12.1. The zero-order valence-corrected chi connectivity index (χ0v) is 15.3. The van der Waals surface area contributed by atoms with Gasteiger partial charge in [0.15, 0.2) is 0 Å². The number of hydrogen-bond donors (Lipinski definition) is 1. The second-order valence-corrected chi connectivity index (χ2v) is 6.52. The molecule has 0 fully saturated rings. The fourth-order valence-electron chi connectivity index (χ4n) is 2.17. The van der Waals surface area contributed by atoms with Gasteiger partial charge < -0.3 is 14.8 Å². The summed E-state index contributed by atoms with van der Waals surface area (Å²) in [6.45, 7) is 6.02. The molecule has 1 N–H and O–H groups in total. The highest BCUT2D eigenvalue weighted by atomic mass is 32.2. The number of thioether (sulfide) groups is 1. The van der Waals surface area contributed by atoms with Gasteiger partial charge in [-0.25, -0.2) is 0 Å². The predicted molar refractivity (Wildman–Crippen MR) is 103 cm³/mol. The lowest BCUT2D eigenvalue weighted by Crippen LogP contribution is -2.37. The first kappa shape index (κ1) is 18.9. The van der Waals surface area contributed by atoms with Gasteiger partial charge in [-0.05, 0) is 43.3 Å². The number of hydrogen-bond acceptors (Lipinski definition) is 4. The number of nitrogens with one attached hydrogen (secondary N) is 1. The van der Waals surface area contributed by atoms with Crippen LogP contribution in [0.4, 0.5) is 0 Å². The molecule has 5 heteroatoms. The Morgan fingerprint density at radius 1 is 1.20 bits per heavy atom. The fourth-order valence-corrected chi connectivity index (χ4v) is 2.95. The predicted octanol–water partition coefficient (Wildman–Crippen LogP) is 4.17. The van der Waals surface area contributed by atoms with Gasteiger partial charge in [-0.1, -0.05) is 18.2 Å². The van der Waals surface area contributed by atoms with E-state index in [0.29, 0.717) is 12.2 Å². The van der Waals surface area contributed by atoms with E-state index >= 15 is 0 Å². The Balaban J connectivity index is 1.90. The highest BCUT2D eigenvalue weighted by Gasteiger charge is 2.14. The summed E-state index contributed by atoms with van der Waals surface area (Å²) < 4.78 is 10.8. The van der Waals surface area contributed by atoms with Crippen LogP contribution in [0.3, 0.4) is 0 Å². The topological polar surface area (TPSA) is 47.6 Å². The number of benzene rings is 2. The van der Waals surface area contributed by atoms with Crippen molar-refractivity contribution in [1.82, 2.24) is 5.32 Å². The molecule has 0 heterocycles. The monoisotopic (exact) mass is 357 g/mol. The molecule has 0 saturated heterocycles. The van der Waals surface area contributed by atoms with E-state index in [1.54, 1.807) is 18.9 Å².